The number of hydrogen-bond acceptors (Lipinski definition) is 2. The maximum Gasteiger partial charge on any atom is 0.126 e. The molecule has 72 valence electrons. The van der Waals surface area contributed by atoms with Crippen LogP contribution in [0.1, 0.15) is 25.0 Å². The number of aliphatic hydroxyl groups is 1. The molecule has 2 N–H and O–H groups in total. The predicted molar refractivity (Wildman–Crippen MR) is 48.0 cm³/mol. The van der Waals surface area contributed by atoms with E-state index in [1.54, 1.807) is 6.92 Å². The standard InChI is InChI=1S/C10H13FO2/c1-6-4-9(12)7(5-8(6)11)10(2,3)13/h4-5,12-13H,1-3H3. The smallest absolute Gasteiger partial charge is 0.126 e. The highest BCUT2D eigenvalue weighted by molar-refractivity contribution is 5.39. The molecule has 0 aliphatic carbocycles. The van der Waals surface area contributed by atoms with Gasteiger partial charge in [0.25, 0.3) is 0 Å². The fourth-order valence-electron chi connectivity index (χ4n) is 1.16. The first-order chi connectivity index (χ1) is 5.82. The number of aromatic hydroxyl groups is 1. The lowest BCUT2D eigenvalue weighted by Gasteiger charge is -2.19. The molecule has 1 aromatic rings. The summed E-state index contributed by atoms with van der Waals surface area (Å²) in [7, 11) is 0. The minimum atomic E-state index is -1.22. The van der Waals surface area contributed by atoms with Gasteiger partial charge in [0, 0.05) is 5.56 Å². The highest BCUT2D eigenvalue weighted by Gasteiger charge is 2.21. The van der Waals surface area contributed by atoms with Gasteiger partial charge in [-0.2, -0.15) is 0 Å². The number of halogens is 1. The number of phenols is 1. The Balaban J connectivity index is 3.32. The summed E-state index contributed by atoms with van der Waals surface area (Å²) >= 11 is 0. The van der Waals surface area contributed by atoms with Crippen molar-refractivity contribution in [3.8, 4) is 5.75 Å². The van der Waals surface area contributed by atoms with Crippen molar-refractivity contribution in [1.82, 2.24) is 0 Å². The fourth-order valence-corrected chi connectivity index (χ4v) is 1.16. The van der Waals surface area contributed by atoms with Gasteiger partial charge in [0.2, 0.25) is 0 Å². The van der Waals surface area contributed by atoms with Gasteiger partial charge in [-0.15, -0.1) is 0 Å². The molecular weight excluding hydrogens is 171 g/mol. The Morgan fingerprint density at radius 1 is 1.31 bits per heavy atom. The normalized spacial score (nSPS) is 11.8. The third-order valence-corrected chi connectivity index (χ3v) is 1.94. The Hall–Kier alpha value is -1.09. The average molecular weight is 184 g/mol. The molecule has 0 aliphatic heterocycles. The number of benzene rings is 1. The van der Waals surface area contributed by atoms with Crippen molar-refractivity contribution in [2.75, 3.05) is 0 Å². The summed E-state index contributed by atoms with van der Waals surface area (Å²) in [4.78, 5) is 0. The Bertz CT molecular complexity index is 326. The van der Waals surface area contributed by atoms with E-state index in [9.17, 15) is 14.6 Å². The summed E-state index contributed by atoms with van der Waals surface area (Å²) < 4.78 is 13.1. The zero-order valence-corrected chi connectivity index (χ0v) is 7.93. The van der Waals surface area contributed by atoms with Crippen LogP contribution in [0.25, 0.3) is 0 Å². The van der Waals surface area contributed by atoms with Crippen molar-refractivity contribution >= 4 is 0 Å². The highest BCUT2D eigenvalue weighted by Crippen LogP contribution is 2.30. The molecule has 3 heteroatoms. The van der Waals surface area contributed by atoms with Crippen molar-refractivity contribution < 1.29 is 14.6 Å². The number of phenolic OH excluding ortho intramolecular Hbond substituents is 1. The molecule has 0 saturated heterocycles. The zero-order valence-electron chi connectivity index (χ0n) is 7.93. The van der Waals surface area contributed by atoms with Gasteiger partial charge in [-0.05, 0) is 38.5 Å². The molecule has 0 atom stereocenters. The third-order valence-electron chi connectivity index (χ3n) is 1.94. The minimum absolute atomic E-state index is 0.0774. The maximum absolute atomic E-state index is 13.1. The second-order valence-corrected chi connectivity index (χ2v) is 3.68. The van der Waals surface area contributed by atoms with Crippen molar-refractivity contribution in [2.45, 2.75) is 26.4 Å². The number of rotatable bonds is 1. The maximum atomic E-state index is 13.1. The molecule has 0 aromatic heterocycles. The Morgan fingerprint density at radius 2 is 1.85 bits per heavy atom. The molecule has 2 nitrogen and oxygen atoms in total. The summed E-state index contributed by atoms with van der Waals surface area (Å²) in [6, 6.07) is 2.47. The van der Waals surface area contributed by atoms with Crippen LogP contribution in [0.3, 0.4) is 0 Å². The molecule has 0 fully saturated rings. The molecule has 13 heavy (non-hydrogen) atoms. The molecule has 0 aliphatic rings. The molecular formula is C10H13FO2. The van der Waals surface area contributed by atoms with Crippen LogP contribution in [0.5, 0.6) is 5.75 Å². The summed E-state index contributed by atoms with van der Waals surface area (Å²) in [5, 5.41) is 19.0. The second-order valence-electron chi connectivity index (χ2n) is 3.68. The first-order valence-corrected chi connectivity index (χ1v) is 4.04. The Morgan fingerprint density at radius 3 is 2.31 bits per heavy atom. The van der Waals surface area contributed by atoms with E-state index >= 15 is 0 Å². The Labute approximate surface area is 76.6 Å². The number of aryl methyl sites for hydroxylation is 1. The molecule has 1 aromatic carbocycles. The van der Waals surface area contributed by atoms with Crippen molar-refractivity contribution in [3.63, 3.8) is 0 Å². The van der Waals surface area contributed by atoms with Crippen LogP contribution < -0.4 is 0 Å². The molecule has 0 saturated carbocycles. The van der Waals surface area contributed by atoms with Gasteiger partial charge in [-0.1, -0.05) is 0 Å². The van der Waals surface area contributed by atoms with Crippen LogP contribution in [-0.4, -0.2) is 10.2 Å². The minimum Gasteiger partial charge on any atom is -0.508 e. The summed E-state index contributed by atoms with van der Waals surface area (Å²) in [5.41, 5.74) is -0.653. The molecule has 0 amide bonds. The highest BCUT2D eigenvalue weighted by atomic mass is 19.1. The lowest BCUT2D eigenvalue weighted by molar-refractivity contribution is 0.0754. The van der Waals surface area contributed by atoms with Crippen LogP contribution in [0.15, 0.2) is 12.1 Å². The third kappa shape index (κ3) is 1.98. The van der Waals surface area contributed by atoms with Gasteiger partial charge < -0.3 is 10.2 Å². The first kappa shape index (κ1) is 9.99. The fraction of sp³-hybridized carbons (Fsp3) is 0.400. The van der Waals surface area contributed by atoms with E-state index in [0.717, 1.165) is 6.07 Å². The summed E-state index contributed by atoms with van der Waals surface area (Å²) in [6.45, 7) is 4.55. The summed E-state index contributed by atoms with van der Waals surface area (Å²) in [6.07, 6.45) is 0. The van der Waals surface area contributed by atoms with E-state index < -0.39 is 11.4 Å². The molecule has 0 heterocycles. The SMILES string of the molecule is Cc1cc(O)c(C(C)(C)O)cc1F. The van der Waals surface area contributed by atoms with Gasteiger partial charge in [-0.25, -0.2) is 4.39 Å². The summed E-state index contributed by atoms with van der Waals surface area (Å²) in [5.74, 6) is -0.499. The van der Waals surface area contributed by atoms with Gasteiger partial charge in [0.15, 0.2) is 0 Å². The van der Waals surface area contributed by atoms with Crippen LogP contribution in [0.2, 0.25) is 0 Å². The van der Waals surface area contributed by atoms with E-state index in [2.05, 4.69) is 0 Å². The van der Waals surface area contributed by atoms with Gasteiger partial charge in [0.1, 0.15) is 11.6 Å². The quantitative estimate of drug-likeness (QED) is 0.701. The van der Waals surface area contributed by atoms with Crippen molar-refractivity contribution in [3.05, 3.63) is 29.1 Å². The van der Waals surface area contributed by atoms with Crippen molar-refractivity contribution in [1.29, 1.82) is 0 Å². The van der Waals surface area contributed by atoms with Gasteiger partial charge in [0.05, 0.1) is 5.60 Å². The van der Waals surface area contributed by atoms with E-state index in [1.807, 2.05) is 0 Å². The van der Waals surface area contributed by atoms with Crippen LogP contribution >= 0.6 is 0 Å². The second kappa shape index (κ2) is 3.00. The lowest BCUT2D eigenvalue weighted by Crippen LogP contribution is -2.16. The van der Waals surface area contributed by atoms with Crippen LogP contribution in [0, 0.1) is 12.7 Å². The average Bonchev–Trinajstić information content (AvgIpc) is 1.94. The van der Waals surface area contributed by atoms with E-state index in [4.69, 9.17) is 0 Å². The molecule has 0 bridgehead atoms. The number of hydrogen-bond donors (Lipinski definition) is 2. The van der Waals surface area contributed by atoms with E-state index in [0.29, 0.717) is 5.56 Å². The van der Waals surface area contributed by atoms with Crippen LogP contribution in [0.4, 0.5) is 4.39 Å². The van der Waals surface area contributed by atoms with Gasteiger partial charge in [-0.3, -0.25) is 0 Å². The van der Waals surface area contributed by atoms with Crippen molar-refractivity contribution in [2.24, 2.45) is 0 Å². The first-order valence-electron chi connectivity index (χ1n) is 4.04. The largest absolute Gasteiger partial charge is 0.508 e. The van der Waals surface area contributed by atoms with E-state index in [1.165, 1.54) is 19.9 Å². The predicted octanol–water partition coefficient (Wildman–Crippen LogP) is 2.07. The van der Waals surface area contributed by atoms with Crippen LogP contribution in [-0.2, 0) is 5.60 Å². The zero-order chi connectivity index (χ0) is 10.2. The monoisotopic (exact) mass is 184 g/mol. The van der Waals surface area contributed by atoms with E-state index in [-0.39, 0.29) is 11.3 Å². The molecule has 0 radical (unpaired) electrons. The topological polar surface area (TPSA) is 40.5 Å². The van der Waals surface area contributed by atoms with Gasteiger partial charge >= 0.3 is 0 Å². The lowest BCUT2D eigenvalue weighted by atomic mass is 9.96. The Kier molecular flexibility index (Phi) is 2.30. The molecule has 0 unspecified atom stereocenters. The molecule has 0 spiro atoms. The molecule has 1 rings (SSSR count).